The molecule has 60 valence electrons. The molecule has 0 aliphatic carbocycles. The lowest BCUT2D eigenvalue weighted by molar-refractivity contribution is 0.191. The van der Waals surface area contributed by atoms with Gasteiger partial charge in [-0.25, -0.2) is 9.37 Å². The minimum absolute atomic E-state index is 0.179. The Morgan fingerprint density at radius 1 is 1.55 bits per heavy atom. The second kappa shape index (κ2) is 3.74. The second-order valence-electron chi connectivity index (χ2n) is 1.70. The Balaban J connectivity index is 2.86. The van der Waals surface area contributed by atoms with Gasteiger partial charge >= 0.3 is 0 Å². The molecular formula is C6H4Cl2FNO. The molecule has 0 aliphatic heterocycles. The molecule has 11 heavy (non-hydrogen) atoms. The molecule has 5 heteroatoms. The lowest BCUT2D eigenvalue weighted by Gasteiger charge is -2.00. The maximum atomic E-state index is 11.6. The zero-order valence-electron chi connectivity index (χ0n) is 5.35. The molecule has 0 spiro atoms. The van der Waals surface area contributed by atoms with Crippen LogP contribution in [0.2, 0.25) is 10.2 Å². The highest BCUT2D eigenvalue weighted by Gasteiger charge is 2.00. The van der Waals surface area contributed by atoms with Crippen LogP contribution in [0.5, 0.6) is 5.75 Å². The predicted octanol–water partition coefficient (Wildman–Crippen LogP) is 2.69. The van der Waals surface area contributed by atoms with E-state index in [1.165, 1.54) is 12.3 Å². The number of rotatable bonds is 2. The van der Waals surface area contributed by atoms with Gasteiger partial charge in [-0.3, -0.25) is 0 Å². The van der Waals surface area contributed by atoms with Gasteiger partial charge in [0.05, 0.1) is 11.2 Å². The van der Waals surface area contributed by atoms with Crippen molar-refractivity contribution in [1.29, 1.82) is 0 Å². The first-order valence-corrected chi connectivity index (χ1v) is 3.49. The molecule has 0 aliphatic rings. The van der Waals surface area contributed by atoms with E-state index in [1.54, 1.807) is 0 Å². The summed E-state index contributed by atoms with van der Waals surface area (Å²) in [4.78, 5) is 3.64. The van der Waals surface area contributed by atoms with Crippen molar-refractivity contribution in [2.75, 3.05) is 6.86 Å². The van der Waals surface area contributed by atoms with E-state index in [0.29, 0.717) is 0 Å². The number of nitrogens with zero attached hydrogens (tertiary/aromatic N) is 1. The van der Waals surface area contributed by atoms with Crippen molar-refractivity contribution >= 4 is 23.2 Å². The summed E-state index contributed by atoms with van der Waals surface area (Å²) in [5.41, 5.74) is 0. The topological polar surface area (TPSA) is 22.1 Å². The van der Waals surface area contributed by atoms with E-state index in [2.05, 4.69) is 9.72 Å². The standard InChI is InChI=1S/C6H4Cl2FNO/c7-5-1-4(11-3-9)2-10-6(5)8/h1-2H,3H2. The third kappa shape index (κ3) is 2.20. The number of alkyl halides is 1. The molecule has 1 heterocycles. The Morgan fingerprint density at radius 2 is 2.27 bits per heavy atom. The van der Waals surface area contributed by atoms with Crippen LogP contribution in [-0.2, 0) is 0 Å². The van der Waals surface area contributed by atoms with E-state index in [1.807, 2.05) is 0 Å². The van der Waals surface area contributed by atoms with E-state index in [-0.39, 0.29) is 15.9 Å². The summed E-state index contributed by atoms with van der Waals surface area (Å²) in [6, 6.07) is 1.40. The van der Waals surface area contributed by atoms with Gasteiger partial charge in [-0.2, -0.15) is 0 Å². The van der Waals surface area contributed by atoms with Crippen LogP contribution in [-0.4, -0.2) is 11.8 Å². The molecule has 0 bridgehead atoms. The van der Waals surface area contributed by atoms with E-state index in [9.17, 15) is 4.39 Å². The Hall–Kier alpha value is -0.540. The fourth-order valence-electron chi connectivity index (χ4n) is 0.546. The van der Waals surface area contributed by atoms with E-state index >= 15 is 0 Å². The Morgan fingerprint density at radius 3 is 2.82 bits per heavy atom. The summed E-state index contributed by atoms with van der Waals surface area (Å²) >= 11 is 11.0. The lowest BCUT2D eigenvalue weighted by atomic mass is 10.5. The zero-order valence-corrected chi connectivity index (χ0v) is 6.86. The van der Waals surface area contributed by atoms with Crippen molar-refractivity contribution in [2.24, 2.45) is 0 Å². The number of hydrogen-bond acceptors (Lipinski definition) is 2. The molecule has 0 saturated carbocycles. The molecule has 0 aromatic carbocycles. The van der Waals surface area contributed by atoms with Crippen molar-refractivity contribution in [3.8, 4) is 5.75 Å². The first-order valence-electron chi connectivity index (χ1n) is 2.74. The average Bonchev–Trinajstić information content (AvgIpc) is 1.98. The van der Waals surface area contributed by atoms with Crippen LogP contribution < -0.4 is 4.74 Å². The number of ether oxygens (including phenoxy) is 1. The van der Waals surface area contributed by atoms with Gasteiger partial charge in [-0.1, -0.05) is 23.2 Å². The summed E-state index contributed by atoms with van der Waals surface area (Å²) in [6.07, 6.45) is 1.30. The Bertz CT molecular complexity index is 256. The Labute approximate surface area is 72.9 Å². The van der Waals surface area contributed by atoms with Crippen LogP contribution in [0.4, 0.5) is 4.39 Å². The first kappa shape index (κ1) is 8.56. The van der Waals surface area contributed by atoms with Crippen LogP contribution in [0.1, 0.15) is 0 Å². The fraction of sp³-hybridized carbons (Fsp3) is 0.167. The fourth-order valence-corrected chi connectivity index (χ4v) is 0.805. The summed E-state index contributed by atoms with van der Waals surface area (Å²) in [6.45, 7) is -0.903. The molecule has 1 rings (SSSR count). The highest BCUT2D eigenvalue weighted by atomic mass is 35.5. The van der Waals surface area contributed by atoms with Gasteiger partial charge in [0.2, 0.25) is 6.86 Å². The normalized spacial score (nSPS) is 9.73. The third-order valence-corrected chi connectivity index (χ3v) is 1.68. The maximum absolute atomic E-state index is 11.6. The van der Waals surface area contributed by atoms with E-state index < -0.39 is 6.86 Å². The SMILES string of the molecule is FCOc1cnc(Cl)c(Cl)c1. The van der Waals surface area contributed by atoms with Gasteiger partial charge in [0, 0.05) is 6.07 Å². The molecule has 0 unspecified atom stereocenters. The van der Waals surface area contributed by atoms with Crippen LogP contribution >= 0.6 is 23.2 Å². The van der Waals surface area contributed by atoms with Crippen molar-refractivity contribution in [3.63, 3.8) is 0 Å². The number of aromatic nitrogens is 1. The van der Waals surface area contributed by atoms with Gasteiger partial charge in [0.15, 0.2) is 0 Å². The van der Waals surface area contributed by atoms with Crippen LogP contribution in [0.3, 0.4) is 0 Å². The maximum Gasteiger partial charge on any atom is 0.228 e. The van der Waals surface area contributed by atoms with Crippen LogP contribution in [0, 0.1) is 0 Å². The predicted molar refractivity (Wildman–Crippen MR) is 40.9 cm³/mol. The number of hydrogen-bond donors (Lipinski definition) is 0. The lowest BCUT2D eigenvalue weighted by Crippen LogP contribution is -1.90. The molecule has 0 saturated heterocycles. The molecule has 0 N–H and O–H groups in total. The molecular weight excluding hydrogens is 192 g/mol. The Kier molecular flexibility index (Phi) is 2.91. The van der Waals surface area contributed by atoms with Crippen LogP contribution in [0.25, 0.3) is 0 Å². The number of pyridine rings is 1. The smallest absolute Gasteiger partial charge is 0.228 e. The molecule has 1 aromatic heterocycles. The quantitative estimate of drug-likeness (QED) is 0.678. The molecule has 0 radical (unpaired) electrons. The van der Waals surface area contributed by atoms with Crippen molar-refractivity contribution < 1.29 is 9.13 Å². The first-order chi connectivity index (χ1) is 5.24. The van der Waals surface area contributed by atoms with Gasteiger partial charge in [0.1, 0.15) is 10.9 Å². The molecule has 0 atom stereocenters. The van der Waals surface area contributed by atoms with Crippen molar-refractivity contribution in [1.82, 2.24) is 4.98 Å². The minimum atomic E-state index is -0.903. The second-order valence-corrected chi connectivity index (χ2v) is 2.46. The van der Waals surface area contributed by atoms with Crippen molar-refractivity contribution in [3.05, 3.63) is 22.4 Å². The average molecular weight is 196 g/mol. The highest BCUT2D eigenvalue weighted by molar-refractivity contribution is 6.41. The zero-order chi connectivity index (χ0) is 8.27. The third-order valence-electron chi connectivity index (χ3n) is 0.992. The van der Waals surface area contributed by atoms with Gasteiger partial charge in [-0.15, -0.1) is 0 Å². The summed E-state index contributed by atoms with van der Waals surface area (Å²) < 4.78 is 16.1. The van der Waals surface area contributed by atoms with E-state index in [4.69, 9.17) is 23.2 Å². The summed E-state index contributed by atoms with van der Waals surface area (Å²) in [5.74, 6) is 0.266. The number of halogens is 3. The van der Waals surface area contributed by atoms with Gasteiger partial charge in [-0.05, 0) is 0 Å². The molecule has 0 amide bonds. The van der Waals surface area contributed by atoms with Crippen LogP contribution in [0.15, 0.2) is 12.3 Å². The molecule has 1 aromatic rings. The largest absolute Gasteiger partial charge is 0.461 e. The summed E-state index contributed by atoms with van der Waals surface area (Å²) in [7, 11) is 0. The molecule has 2 nitrogen and oxygen atoms in total. The molecule has 0 fully saturated rings. The van der Waals surface area contributed by atoms with E-state index in [0.717, 1.165) is 0 Å². The minimum Gasteiger partial charge on any atom is -0.461 e. The highest BCUT2D eigenvalue weighted by Crippen LogP contribution is 2.23. The monoisotopic (exact) mass is 195 g/mol. The van der Waals surface area contributed by atoms with Crippen molar-refractivity contribution in [2.45, 2.75) is 0 Å². The van der Waals surface area contributed by atoms with Gasteiger partial charge < -0.3 is 4.74 Å². The van der Waals surface area contributed by atoms with Gasteiger partial charge in [0.25, 0.3) is 0 Å². The summed E-state index contributed by atoms with van der Waals surface area (Å²) in [5, 5.41) is 0.426.